The van der Waals surface area contributed by atoms with Gasteiger partial charge in [0.25, 0.3) is 5.91 Å². The summed E-state index contributed by atoms with van der Waals surface area (Å²) in [6.45, 7) is 3.28. The van der Waals surface area contributed by atoms with Crippen LogP contribution in [0.3, 0.4) is 0 Å². The monoisotopic (exact) mass is 279 g/mol. The number of hydrogen-bond acceptors (Lipinski definition) is 3. The molecule has 1 aromatic carbocycles. The molecule has 2 aromatic rings. The number of carboxylic acid groups (broad SMARTS) is 1. The summed E-state index contributed by atoms with van der Waals surface area (Å²) in [5.41, 5.74) is 0.870. The number of aryl methyl sites for hydroxylation is 1. The largest absolute Gasteiger partial charge is 0.480 e. The standard InChI is InChI=1S/C14H14FNO4/c1-3-10(14(18)19)16-13(17)12-7(2)9-6-8(15)4-5-11(9)20-12/h4-6,10H,3H2,1-2H3,(H,16,17)(H,18,19)/t10-/m1/s1. The lowest BCUT2D eigenvalue weighted by Crippen LogP contribution is -2.40. The Hall–Kier alpha value is -2.37. The Bertz CT molecular complexity index is 677. The number of hydrogen-bond donors (Lipinski definition) is 2. The highest BCUT2D eigenvalue weighted by Crippen LogP contribution is 2.26. The van der Waals surface area contributed by atoms with E-state index in [0.717, 1.165) is 0 Å². The van der Waals surface area contributed by atoms with Crippen LogP contribution in [0.25, 0.3) is 11.0 Å². The van der Waals surface area contributed by atoms with E-state index in [2.05, 4.69) is 5.32 Å². The summed E-state index contributed by atoms with van der Waals surface area (Å²) >= 11 is 0. The number of carbonyl (C=O) groups is 2. The molecule has 0 aliphatic carbocycles. The zero-order valence-corrected chi connectivity index (χ0v) is 11.1. The number of carboxylic acids is 1. The van der Waals surface area contributed by atoms with Gasteiger partial charge in [-0.15, -0.1) is 0 Å². The molecule has 1 heterocycles. The minimum atomic E-state index is -1.11. The van der Waals surface area contributed by atoms with Crippen molar-refractivity contribution in [3.63, 3.8) is 0 Å². The van der Waals surface area contributed by atoms with Gasteiger partial charge in [0.1, 0.15) is 17.4 Å². The molecular formula is C14H14FNO4. The van der Waals surface area contributed by atoms with Gasteiger partial charge in [-0.1, -0.05) is 6.92 Å². The lowest BCUT2D eigenvalue weighted by atomic mass is 10.1. The fourth-order valence-corrected chi connectivity index (χ4v) is 1.97. The Labute approximate surface area is 114 Å². The smallest absolute Gasteiger partial charge is 0.326 e. The lowest BCUT2D eigenvalue weighted by Gasteiger charge is -2.10. The normalized spacial score (nSPS) is 12.3. The van der Waals surface area contributed by atoms with Crippen molar-refractivity contribution in [2.24, 2.45) is 0 Å². The van der Waals surface area contributed by atoms with E-state index in [4.69, 9.17) is 9.52 Å². The van der Waals surface area contributed by atoms with Gasteiger partial charge in [-0.05, 0) is 31.5 Å². The Balaban J connectivity index is 2.35. The maximum Gasteiger partial charge on any atom is 0.326 e. The van der Waals surface area contributed by atoms with E-state index in [1.807, 2.05) is 0 Å². The highest BCUT2D eigenvalue weighted by atomic mass is 19.1. The highest BCUT2D eigenvalue weighted by Gasteiger charge is 2.23. The molecule has 0 aliphatic heterocycles. The third-order valence-electron chi connectivity index (χ3n) is 3.12. The molecule has 0 saturated heterocycles. The molecule has 1 amide bonds. The second-order valence-corrected chi connectivity index (χ2v) is 4.47. The molecule has 1 aromatic heterocycles. The minimum absolute atomic E-state index is 0.00491. The third kappa shape index (κ3) is 2.49. The molecule has 2 rings (SSSR count). The zero-order chi connectivity index (χ0) is 14.9. The predicted octanol–water partition coefficient (Wildman–Crippen LogP) is 2.47. The van der Waals surface area contributed by atoms with Crippen LogP contribution < -0.4 is 5.32 Å². The number of halogens is 1. The molecule has 0 saturated carbocycles. The van der Waals surface area contributed by atoms with Crippen LogP contribution in [-0.2, 0) is 4.79 Å². The Morgan fingerprint density at radius 1 is 1.45 bits per heavy atom. The van der Waals surface area contributed by atoms with Crippen LogP contribution in [-0.4, -0.2) is 23.0 Å². The topological polar surface area (TPSA) is 79.5 Å². The first-order chi connectivity index (χ1) is 9.43. The average molecular weight is 279 g/mol. The summed E-state index contributed by atoms with van der Waals surface area (Å²) in [7, 11) is 0. The van der Waals surface area contributed by atoms with E-state index in [9.17, 15) is 14.0 Å². The van der Waals surface area contributed by atoms with Gasteiger partial charge in [0.15, 0.2) is 5.76 Å². The van der Waals surface area contributed by atoms with Gasteiger partial charge in [0.2, 0.25) is 0 Å². The number of nitrogens with one attached hydrogen (secondary N) is 1. The van der Waals surface area contributed by atoms with Crippen molar-refractivity contribution < 1.29 is 23.5 Å². The van der Waals surface area contributed by atoms with Crippen LogP contribution in [0.1, 0.15) is 29.5 Å². The average Bonchev–Trinajstić information content (AvgIpc) is 2.73. The molecule has 6 heteroatoms. The molecular weight excluding hydrogens is 265 g/mol. The van der Waals surface area contributed by atoms with Gasteiger partial charge in [0, 0.05) is 10.9 Å². The van der Waals surface area contributed by atoms with E-state index in [-0.39, 0.29) is 12.2 Å². The molecule has 0 bridgehead atoms. The van der Waals surface area contributed by atoms with Crippen LogP contribution in [0.4, 0.5) is 4.39 Å². The van der Waals surface area contributed by atoms with E-state index in [1.165, 1.54) is 18.2 Å². The first-order valence-corrected chi connectivity index (χ1v) is 6.16. The third-order valence-corrected chi connectivity index (χ3v) is 3.12. The number of carbonyl (C=O) groups excluding carboxylic acids is 1. The molecule has 5 nitrogen and oxygen atoms in total. The number of aliphatic carboxylic acids is 1. The maximum atomic E-state index is 13.2. The number of rotatable bonds is 4. The first-order valence-electron chi connectivity index (χ1n) is 6.16. The summed E-state index contributed by atoms with van der Waals surface area (Å²) < 4.78 is 18.5. The van der Waals surface area contributed by atoms with Crippen LogP contribution >= 0.6 is 0 Å². The van der Waals surface area contributed by atoms with E-state index < -0.39 is 23.7 Å². The van der Waals surface area contributed by atoms with Crippen LogP contribution in [0, 0.1) is 12.7 Å². The second kappa shape index (κ2) is 5.32. The number of amides is 1. The van der Waals surface area contributed by atoms with Gasteiger partial charge < -0.3 is 14.8 Å². The summed E-state index contributed by atoms with van der Waals surface area (Å²) in [5, 5.41) is 11.8. The summed E-state index contributed by atoms with van der Waals surface area (Å²) in [6.07, 6.45) is 0.259. The number of fused-ring (bicyclic) bond motifs is 1. The van der Waals surface area contributed by atoms with Gasteiger partial charge in [-0.3, -0.25) is 4.79 Å². The van der Waals surface area contributed by atoms with Gasteiger partial charge in [0.05, 0.1) is 0 Å². The maximum absolute atomic E-state index is 13.2. The van der Waals surface area contributed by atoms with Gasteiger partial charge in [-0.25, -0.2) is 9.18 Å². The van der Waals surface area contributed by atoms with Crippen LogP contribution in [0.2, 0.25) is 0 Å². The van der Waals surface area contributed by atoms with Crippen LogP contribution in [0.15, 0.2) is 22.6 Å². The van der Waals surface area contributed by atoms with Crippen LogP contribution in [0.5, 0.6) is 0 Å². The second-order valence-electron chi connectivity index (χ2n) is 4.47. The lowest BCUT2D eigenvalue weighted by molar-refractivity contribution is -0.139. The minimum Gasteiger partial charge on any atom is -0.480 e. The Morgan fingerprint density at radius 3 is 2.75 bits per heavy atom. The molecule has 0 radical (unpaired) electrons. The van der Waals surface area contributed by atoms with Crippen molar-refractivity contribution in [2.75, 3.05) is 0 Å². The first kappa shape index (κ1) is 14.0. The van der Waals surface area contributed by atoms with Crippen molar-refractivity contribution >= 4 is 22.8 Å². The van der Waals surface area contributed by atoms with Crippen molar-refractivity contribution in [2.45, 2.75) is 26.3 Å². The molecule has 1 atom stereocenters. The summed E-state index contributed by atoms with van der Waals surface area (Å²) in [5.74, 6) is -2.15. The molecule has 106 valence electrons. The van der Waals surface area contributed by atoms with Crippen molar-refractivity contribution in [3.8, 4) is 0 Å². The highest BCUT2D eigenvalue weighted by molar-refractivity contribution is 6.00. The SMILES string of the molecule is CC[C@@H](NC(=O)c1oc2ccc(F)cc2c1C)C(=O)O. The van der Waals surface area contributed by atoms with Gasteiger partial charge in [-0.2, -0.15) is 0 Å². The van der Waals surface area contributed by atoms with E-state index >= 15 is 0 Å². The fourth-order valence-electron chi connectivity index (χ4n) is 1.97. The zero-order valence-electron chi connectivity index (χ0n) is 11.1. The van der Waals surface area contributed by atoms with E-state index in [1.54, 1.807) is 13.8 Å². The Kier molecular flexibility index (Phi) is 3.74. The fraction of sp³-hybridized carbons (Fsp3) is 0.286. The van der Waals surface area contributed by atoms with Gasteiger partial charge >= 0.3 is 5.97 Å². The summed E-state index contributed by atoms with van der Waals surface area (Å²) in [4.78, 5) is 22.9. The molecule has 2 N–H and O–H groups in total. The Morgan fingerprint density at radius 2 is 2.15 bits per heavy atom. The van der Waals surface area contributed by atoms with Crippen molar-refractivity contribution in [3.05, 3.63) is 35.3 Å². The number of furan rings is 1. The predicted molar refractivity (Wildman–Crippen MR) is 70.1 cm³/mol. The van der Waals surface area contributed by atoms with Crippen molar-refractivity contribution in [1.29, 1.82) is 0 Å². The van der Waals surface area contributed by atoms with Crippen molar-refractivity contribution in [1.82, 2.24) is 5.32 Å². The molecule has 0 unspecified atom stereocenters. The molecule has 0 spiro atoms. The molecule has 0 fully saturated rings. The summed E-state index contributed by atoms with van der Waals surface area (Å²) in [6, 6.07) is 2.97. The molecule has 0 aliphatic rings. The molecule has 20 heavy (non-hydrogen) atoms. The van der Waals surface area contributed by atoms with E-state index in [0.29, 0.717) is 16.5 Å². The number of benzene rings is 1. The quantitative estimate of drug-likeness (QED) is 0.901.